The molecule has 0 aliphatic carbocycles. The fourth-order valence-corrected chi connectivity index (χ4v) is 2.01. The van der Waals surface area contributed by atoms with Crippen LogP contribution >= 0.6 is 0 Å². The first-order chi connectivity index (χ1) is 13.6. The fourth-order valence-electron chi connectivity index (χ4n) is 2.01. The van der Waals surface area contributed by atoms with Crippen LogP contribution < -0.4 is 15.8 Å². The van der Waals surface area contributed by atoms with E-state index in [1.807, 2.05) is 0 Å². The Morgan fingerprint density at radius 3 is 2.34 bits per heavy atom. The van der Waals surface area contributed by atoms with Crippen LogP contribution in [0.5, 0.6) is 5.88 Å². The first kappa shape index (κ1) is 19.6. The zero-order valence-corrected chi connectivity index (χ0v) is 14.4. The molecule has 0 fully saturated rings. The first-order valence-corrected chi connectivity index (χ1v) is 7.55. The zero-order valence-electron chi connectivity index (χ0n) is 14.4. The largest absolute Gasteiger partial charge is 0.451 e. The summed E-state index contributed by atoms with van der Waals surface area (Å²) in [6.07, 6.45) is -1.96. The van der Waals surface area contributed by atoms with E-state index in [2.05, 4.69) is 35.6 Å². The maximum absolute atomic E-state index is 12.5. The molecule has 12 nitrogen and oxygen atoms in total. The van der Waals surface area contributed by atoms with Crippen LogP contribution in [-0.4, -0.2) is 46.9 Å². The number of hydrogen-bond donors (Lipinski definition) is 2. The van der Waals surface area contributed by atoms with Crippen LogP contribution in [0.2, 0.25) is 0 Å². The minimum absolute atomic E-state index is 0.0140. The van der Waals surface area contributed by atoms with Crippen molar-refractivity contribution in [2.24, 2.45) is 12.8 Å². The van der Waals surface area contributed by atoms with Gasteiger partial charge < -0.3 is 15.8 Å². The molecule has 0 bridgehead atoms. The summed E-state index contributed by atoms with van der Waals surface area (Å²) in [6.45, 7) is 0. The van der Waals surface area contributed by atoms with Gasteiger partial charge in [0.15, 0.2) is 11.5 Å². The van der Waals surface area contributed by atoms with Gasteiger partial charge >= 0.3 is 12.3 Å². The molecular weight excluding hydrogens is 399 g/mol. The van der Waals surface area contributed by atoms with E-state index in [9.17, 15) is 22.8 Å². The Bertz CT molecular complexity index is 1050. The third-order valence-electron chi connectivity index (χ3n) is 3.28. The highest BCUT2D eigenvalue weighted by molar-refractivity contribution is 6.03. The average molecular weight is 409 g/mol. The van der Waals surface area contributed by atoms with Crippen LogP contribution in [0.15, 0.2) is 24.8 Å². The van der Waals surface area contributed by atoms with Crippen LogP contribution in [0.3, 0.4) is 0 Å². The molecule has 2 amide bonds. The van der Waals surface area contributed by atoms with Crippen molar-refractivity contribution in [3.05, 3.63) is 36.2 Å². The highest BCUT2D eigenvalue weighted by atomic mass is 19.4. The summed E-state index contributed by atoms with van der Waals surface area (Å²) in [5.74, 6) is -2.24. The highest BCUT2D eigenvalue weighted by Gasteiger charge is 2.34. The van der Waals surface area contributed by atoms with E-state index in [0.29, 0.717) is 0 Å². The van der Waals surface area contributed by atoms with Crippen molar-refractivity contribution in [1.82, 2.24) is 34.9 Å². The molecule has 0 radical (unpaired) electrons. The van der Waals surface area contributed by atoms with Gasteiger partial charge in [-0.3, -0.25) is 4.79 Å². The molecule has 29 heavy (non-hydrogen) atoms. The van der Waals surface area contributed by atoms with Gasteiger partial charge in [-0.1, -0.05) is 5.21 Å². The number of rotatable bonds is 4. The van der Waals surface area contributed by atoms with Gasteiger partial charge in [-0.25, -0.2) is 29.4 Å². The molecule has 3 aromatic heterocycles. The number of nitrogens with zero attached hydrogens (tertiary/aromatic N) is 7. The predicted molar refractivity (Wildman–Crippen MR) is 87.2 cm³/mol. The Hall–Kier alpha value is -4.17. The molecular formula is C14H10F3N9O3. The van der Waals surface area contributed by atoms with Gasteiger partial charge in [0, 0.05) is 19.4 Å². The van der Waals surface area contributed by atoms with Gasteiger partial charge in [-0.15, -0.1) is 5.10 Å². The summed E-state index contributed by atoms with van der Waals surface area (Å²) in [4.78, 5) is 37.2. The molecule has 3 aromatic rings. The molecule has 0 saturated heterocycles. The molecule has 3 rings (SSSR count). The lowest BCUT2D eigenvalue weighted by molar-refractivity contribution is -0.145. The van der Waals surface area contributed by atoms with Crippen molar-refractivity contribution in [3.63, 3.8) is 0 Å². The van der Waals surface area contributed by atoms with Gasteiger partial charge in [-0.2, -0.15) is 13.2 Å². The Balaban J connectivity index is 1.74. The van der Waals surface area contributed by atoms with Crippen molar-refractivity contribution >= 4 is 17.8 Å². The van der Waals surface area contributed by atoms with Crippen LogP contribution in [0, 0.1) is 0 Å². The van der Waals surface area contributed by atoms with Gasteiger partial charge in [0.05, 0.1) is 18.0 Å². The van der Waals surface area contributed by atoms with Gasteiger partial charge in [0.1, 0.15) is 5.69 Å². The molecule has 0 spiro atoms. The SMILES string of the molecule is Cn1nnc(-c2cnc(NC(=O)c3cnc(C(F)(F)F)nc3)cn2)c1OC(N)=O. The lowest BCUT2D eigenvalue weighted by Gasteiger charge is -2.07. The standard InChI is InChI=1S/C14H10F3N9O3/c1-26-11(29-13(18)28)9(24-25-26)7-4-20-8(5-19-7)23-10(27)6-2-21-12(22-3-6)14(15,16)17/h2-5H,1H3,(H2,18,28)(H,20,23,27). The molecule has 3 heterocycles. The maximum atomic E-state index is 12.5. The maximum Gasteiger partial charge on any atom is 0.451 e. The summed E-state index contributed by atoms with van der Waals surface area (Å²) in [5.41, 5.74) is 5.00. The Morgan fingerprint density at radius 2 is 1.79 bits per heavy atom. The topological polar surface area (TPSA) is 164 Å². The number of hydrogen-bond acceptors (Lipinski definition) is 9. The van der Waals surface area contributed by atoms with Crippen molar-refractivity contribution in [1.29, 1.82) is 0 Å². The highest BCUT2D eigenvalue weighted by Crippen LogP contribution is 2.26. The van der Waals surface area contributed by atoms with E-state index >= 15 is 0 Å². The summed E-state index contributed by atoms with van der Waals surface area (Å²) in [7, 11) is 1.46. The lowest BCUT2D eigenvalue weighted by atomic mass is 10.3. The van der Waals surface area contributed by atoms with E-state index in [-0.39, 0.29) is 28.6 Å². The monoisotopic (exact) mass is 409 g/mol. The smallest absolute Gasteiger partial charge is 0.389 e. The summed E-state index contributed by atoms with van der Waals surface area (Å²) >= 11 is 0. The molecule has 0 atom stereocenters. The second kappa shape index (κ2) is 7.45. The van der Waals surface area contributed by atoms with Crippen LogP contribution in [0.1, 0.15) is 16.2 Å². The molecule has 150 valence electrons. The molecule has 3 N–H and O–H groups in total. The van der Waals surface area contributed by atoms with Crippen molar-refractivity contribution in [2.45, 2.75) is 6.18 Å². The van der Waals surface area contributed by atoms with E-state index in [0.717, 1.165) is 23.3 Å². The first-order valence-electron chi connectivity index (χ1n) is 7.55. The number of halogens is 3. The molecule has 0 unspecified atom stereocenters. The molecule has 0 aliphatic rings. The number of anilines is 1. The predicted octanol–water partition coefficient (Wildman–Crippen LogP) is 0.791. The average Bonchev–Trinajstić information content (AvgIpc) is 3.02. The summed E-state index contributed by atoms with van der Waals surface area (Å²) in [5, 5.41) is 9.80. The minimum atomic E-state index is -4.71. The van der Waals surface area contributed by atoms with Crippen molar-refractivity contribution < 1.29 is 27.5 Å². The Kier molecular flexibility index (Phi) is 5.03. The normalized spacial score (nSPS) is 11.2. The summed E-state index contributed by atoms with van der Waals surface area (Å²) < 4.78 is 43.3. The van der Waals surface area contributed by atoms with Crippen molar-refractivity contribution in [2.75, 3.05) is 5.32 Å². The number of aromatic nitrogens is 7. The third kappa shape index (κ3) is 4.40. The Morgan fingerprint density at radius 1 is 1.10 bits per heavy atom. The van der Waals surface area contributed by atoms with Gasteiger partial charge in [-0.05, 0) is 0 Å². The van der Waals surface area contributed by atoms with E-state index in [1.165, 1.54) is 13.2 Å². The van der Waals surface area contributed by atoms with Gasteiger partial charge in [0.25, 0.3) is 11.8 Å². The Labute approximate surface area is 159 Å². The van der Waals surface area contributed by atoms with E-state index in [1.54, 1.807) is 0 Å². The molecule has 15 heteroatoms. The van der Waals surface area contributed by atoms with E-state index < -0.39 is 24.0 Å². The molecule has 0 saturated carbocycles. The summed E-state index contributed by atoms with van der Waals surface area (Å²) in [6, 6.07) is 0. The number of carbonyl (C=O) groups excluding carboxylic acids is 2. The number of nitrogens with two attached hydrogens (primary N) is 1. The van der Waals surface area contributed by atoms with Crippen LogP contribution in [-0.2, 0) is 13.2 Å². The number of alkyl halides is 3. The quantitative estimate of drug-likeness (QED) is 0.634. The number of nitrogens with one attached hydrogen (secondary N) is 1. The number of amides is 2. The molecule has 0 aromatic carbocycles. The van der Waals surface area contributed by atoms with E-state index in [4.69, 9.17) is 10.5 Å². The zero-order chi connectivity index (χ0) is 21.2. The lowest BCUT2D eigenvalue weighted by Crippen LogP contribution is -2.18. The number of ether oxygens (including phenoxy) is 1. The second-order valence-electron chi connectivity index (χ2n) is 5.32. The minimum Gasteiger partial charge on any atom is -0.389 e. The van der Waals surface area contributed by atoms with Gasteiger partial charge in [0.2, 0.25) is 5.82 Å². The third-order valence-corrected chi connectivity index (χ3v) is 3.28. The number of carbonyl (C=O) groups is 2. The van der Waals surface area contributed by atoms with Crippen LogP contribution in [0.25, 0.3) is 11.4 Å². The van der Waals surface area contributed by atoms with Crippen molar-refractivity contribution in [3.8, 4) is 17.3 Å². The second-order valence-corrected chi connectivity index (χ2v) is 5.32. The number of primary amides is 1. The van der Waals surface area contributed by atoms with Crippen LogP contribution in [0.4, 0.5) is 23.8 Å². The molecule has 0 aliphatic heterocycles. The fraction of sp³-hybridized carbons (Fsp3) is 0.143. The number of aryl methyl sites for hydroxylation is 1.